The van der Waals surface area contributed by atoms with Crippen molar-refractivity contribution in [1.29, 1.82) is 0 Å². The zero-order valence-electron chi connectivity index (χ0n) is 19.6. The van der Waals surface area contributed by atoms with E-state index >= 15 is 0 Å². The summed E-state index contributed by atoms with van der Waals surface area (Å²) in [6.45, 7) is 2.44. The van der Waals surface area contributed by atoms with Crippen molar-refractivity contribution in [2.75, 3.05) is 18.6 Å². The molecule has 1 aliphatic rings. The largest absolute Gasteiger partial charge is 0.494 e. The molecule has 1 heterocycles. The number of amides is 4. The lowest BCUT2D eigenvalue weighted by Gasteiger charge is -2.26. The van der Waals surface area contributed by atoms with Gasteiger partial charge < -0.3 is 14.2 Å². The number of barbiturate groups is 1. The molecule has 0 unspecified atom stereocenters. The number of anilines is 1. The van der Waals surface area contributed by atoms with E-state index in [2.05, 4.69) is 5.32 Å². The Hall–Kier alpha value is -4.66. The van der Waals surface area contributed by atoms with Gasteiger partial charge in [-0.3, -0.25) is 14.9 Å². The number of rotatable bonds is 8. The topological polar surface area (TPSA) is 94.2 Å². The van der Waals surface area contributed by atoms with Crippen LogP contribution in [0.5, 0.6) is 17.2 Å². The Balaban J connectivity index is 1.57. The summed E-state index contributed by atoms with van der Waals surface area (Å²) in [5, 5.41) is 2.19. The molecule has 1 aliphatic heterocycles. The van der Waals surface area contributed by atoms with Crippen molar-refractivity contribution in [1.82, 2.24) is 5.32 Å². The first kappa shape index (κ1) is 24.5. The third-order valence-corrected chi connectivity index (χ3v) is 5.29. The predicted octanol–water partition coefficient (Wildman–Crippen LogP) is 4.48. The third kappa shape index (κ3) is 5.35. The van der Waals surface area contributed by atoms with E-state index < -0.39 is 17.8 Å². The van der Waals surface area contributed by atoms with Gasteiger partial charge in [0, 0.05) is 0 Å². The smallest absolute Gasteiger partial charge is 0.335 e. The van der Waals surface area contributed by atoms with Crippen molar-refractivity contribution < 1.29 is 33.0 Å². The van der Waals surface area contributed by atoms with Crippen LogP contribution in [-0.4, -0.2) is 31.6 Å². The van der Waals surface area contributed by atoms with Gasteiger partial charge in [-0.15, -0.1) is 0 Å². The Morgan fingerprint density at radius 3 is 2.42 bits per heavy atom. The monoisotopic (exact) mass is 490 g/mol. The molecule has 3 aromatic carbocycles. The van der Waals surface area contributed by atoms with Crippen molar-refractivity contribution in [2.45, 2.75) is 13.5 Å². The lowest BCUT2D eigenvalue weighted by molar-refractivity contribution is -0.122. The number of hydrogen-bond acceptors (Lipinski definition) is 6. The number of imide groups is 2. The highest BCUT2D eigenvalue weighted by atomic mass is 19.1. The fourth-order valence-corrected chi connectivity index (χ4v) is 3.60. The van der Waals surface area contributed by atoms with Gasteiger partial charge in [-0.25, -0.2) is 14.1 Å². The molecule has 0 aromatic heterocycles. The number of urea groups is 1. The molecule has 4 rings (SSSR count). The van der Waals surface area contributed by atoms with Crippen LogP contribution in [0.25, 0.3) is 6.08 Å². The molecule has 4 amide bonds. The van der Waals surface area contributed by atoms with Crippen LogP contribution in [0.1, 0.15) is 18.1 Å². The average Bonchev–Trinajstić information content (AvgIpc) is 2.86. The number of carbonyl (C=O) groups is 3. The Morgan fingerprint density at radius 1 is 0.944 bits per heavy atom. The third-order valence-electron chi connectivity index (χ3n) is 5.29. The van der Waals surface area contributed by atoms with E-state index in [-0.39, 0.29) is 23.7 Å². The van der Waals surface area contributed by atoms with E-state index in [9.17, 15) is 18.8 Å². The van der Waals surface area contributed by atoms with Crippen LogP contribution in [0.3, 0.4) is 0 Å². The summed E-state index contributed by atoms with van der Waals surface area (Å²) >= 11 is 0. The molecule has 0 saturated carbocycles. The Morgan fingerprint density at radius 2 is 1.72 bits per heavy atom. The quantitative estimate of drug-likeness (QED) is 0.370. The lowest BCUT2D eigenvalue weighted by Crippen LogP contribution is -2.54. The minimum Gasteiger partial charge on any atom is -0.494 e. The molecule has 0 radical (unpaired) electrons. The van der Waals surface area contributed by atoms with Crippen molar-refractivity contribution in [2.24, 2.45) is 0 Å². The van der Waals surface area contributed by atoms with Gasteiger partial charge in [0.05, 0.1) is 19.4 Å². The molecule has 0 bridgehead atoms. The summed E-state index contributed by atoms with van der Waals surface area (Å²) in [5.41, 5.74) is 1.19. The van der Waals surface area contributed by atoms with Crippen molar-refractivity contribution in [3.8, 4) is 17.2 Å². The van der Waals surface area contributed by atoms with E-state index in [1.165, 1.54) is 25.3 Å². The van der Waals surface area contributed by atoms with Gasteiger partial charge in [-0.2, -0.15) is 0 Å². The van der Waals surface area contributed by atoms with Gasteiger partial charge in [0.1, 0.15) is 23.7 Å². The van der Waals surface area contributed by atoms with E-state index in [4.69, 9.17) is 14.2 Å². The standard InChI is InChI=1S/C27H23FN2O6/c1-3-35-21-10-8-20(9-11-21)30-26(32)22(25(31)29-27(30)33)14-17-7-12-23(24(15-17)34-2)36-16-18-5-4-6-19(28)13-18/h4-15H,3,16H2,1-2H3,(H,29,31,33)/b22-14+. The second kappa shape index (κ2) is 10.7. The highest BCUT2D eigenvalue weighted by molar-refractivity contribution is 6.39. The Kier molecular flexibility index (Phi) is 7.29. The normalized spacial score (nSPS) is 14.6. The molecule has 1 N–H and O–H groups in total. The number of ether oxygens (including phenoxy) is 3. The minimum absolute atomic E-state index is 0.120. The second-order valence-corrected chi connectivity index (χ2v) is 7.71. The summed E-state index contributed by atoms with van der Waals surface area (Å²) in [4.78, 5) is 38.9. The van der Waals surface area contributed by atoms with Crippen LogP contribution in [0.4, 0.5) is 14.9 Å². The number of nitrogens with one attached hydrogen (secondary N) is 1. The number of hydrogen-bond donors (Lipinski definition) is 1. The van der Waals surface area contributed by atoms with E-state index in [1.54, 1.807) is 54.6 Å². The fraction of sp³-hybridized carbons (Fsp3) is 0.148. The zero-order chi connectivity index (χ0) is 25.7. The van der Waals surface area contributed by atoms with Gasteiger partial charge in [0.25, 0.3) is 11.8 Å². The van der Waals surface area contributed by atoms with Crippen molar-refractivity contribution >= 4 is 29.6 Å². The molecule has 3 aromatic rings. The first-order valence-electron chi connectivity index (χ1n) is 11.1. The van der Waals surface area contributed by atoms with Gasteiger partial charge >= 0.3 is 6.03 Å². The first-order chi connectivity index (χ1) is 17.4. The van der Waals surface area contributed by atoms with Crippen molar-refractivity contribution in [3.63, 3.8) is 0 Å². The van der Waals surface area contributed by atoms with Crippen LogP contribution in [0.2, 0.25) is 0 Å². The molecule has 184 valence electrons. The second-order valence-electron chi connectivity index (χ2n) is 7.71. The summed E-state index contributed by atoms with van der Waals surface area (Å²) < 4.78 is 29.9. The van der Waals surface area contributed by atoms with Crippen LogP contribution in [0.15, 0.2) is 72.3 Å². The summed E-state index contributed by atoms with van der Waals surface area (Å²) in [6.07, 6.45) is 1.37. The van der Waals surface area contributed by atoms with Gasteiger partial charge in [-0.05, 0) is 72.7 Å². The Labute approximate surface area is 206 Å². The molecule has 1 fully saturated rings. The number of carbonyl (C=O) groups excluding carboxylic acids is 3. The number of halogens is 1. The Bertz CT molecular complexity index is 1340. The molecule has 0 spiro atoms. The average molecular weight is 490 g/mol. The summed E-state index contributed by atoms with van der Waals surface area (Å²) in [6, 6.07) is 16.4. The van der Waals surface area contributed by atoms with Crippen LogP contribution in [-0.2, 0) is 16.2 Å². The molecule has 1 saturated heterocycles. The lowest BCUT2D eigenvalue weighted by atomic mass is 10.1. The maximum absolute atomic E-state index is 13.4. The SMILES string of the molecule is CCOc1ccc(N2C(=O)NC(=O)/C(=C\c3ccc(OCc4cccc(F)c4)c(OC)c3)C2=O)cc1. The van der Waals surface area contributed by atoms with E-state index in [1.807, 2.05) is 6.92 Å². The van der Waals surface area contributed by atoms with Gasteiger partial charge in [-0.1, -0.05) is 18.2 Å². The molecule has 8 nitrogen and oxygen atoms in total. The van der Waals surface area contributed by atoms with Gasteiger partial charge in [0.15, 0.2) is 11.5 Å². The summed E-state index contributed by atoms with van der Waals surface area (Å²) in [5.74, 6) is -0.600. The molecule has 0 atom stereocenters. The van der Waals surface area contributed by atoms with Crippen LogP contribution >= 0.6 is 0 Å². The molecule has 9 heteroatoms. The zero-order valence-corrected chi connectivity index (χ0v) is 19.6. The van der Waals surface area contributed by atoms with Crippen LogP contribution in [0, 0.1) is 5.82 Å². The first-order valence-corrected chi connectivity index (χ1v) is 11.1. The van der Waals surface area contributed by atoms with Crippen molar-refractivity contribution in [3.05, 3.63) is 89.2 Å². The number of nitrogens with zero attached hydrogens (tertiary/aromatic N) is 1. The molecular formula is C27H23FN2O6. The molecule has 0 aliphatic carbocycles. The van der Waals surface area contributed by atoms with Crippen LogP contribution < -0.4 is 24.4 Å². The van der Waals surface area contributed by atoms with Gasteiger partial charge in [0.2, 0.25) is 0 Å². The number of benzene rings is 3. The summed E-state index contributed by atoms with van der Waals surface area (Å²) in [7, 11) is 1.45. The maximum atomic E-state index is 13.4. The highest BCUT2D eigenvalue weighted by Gasteiger charge is 2.36. The molecule has 36 heavy (non-hydrogen) atoms. The highest BCUT2D eigenvalue weighted by Crippen LogP contribution is 2.31. The van der Waals surface area contributed by atoms with E-state index in [0.29, 0.717) is 35.0 Å². The fourth-order valence-electron chi connectivity index (χ4n) is 3.60. The number of methoxy groups -OCH3 is 1. The maximum Gasteiger partial charge on any atom is 0.335 e. The molecular weight excluding hydrogens is 467 g/mol. The minimum atomic E-state index is -0.843. The predicted molar refractivity (Wildman–Crippen MR) is 130 cm³/mol. The van der Waals surface area contributed by atoms with E-state index in [0.717, 1.165) is 4.90 Å².